The van der Waals surface area contributed by atoms with Crippen molar-refractivity contribution in [2.75, 3.05) is 6.54 Å². The number of hydrogen-bond acceptors (Lipinski definition) is 4. The van der Waals surface area contributed by atoms with E-state index in [-0.39, 0.29) is 37.0 Å². The van der Waals surface area contributed by atoms with Gasteiger partial charge in [-0.3, -0.25) is 9.59 Å². The van der Waals surface area contributed by atoms with Crippen molar-refractivity contribution >= 4 is 11.7 Å². The highest BCUT2D eigenvalue weighted by molar-refractivity contribution is 5.87. The molecule has 184 valence electrons. The quantitative estimate of drug-likeness (QED) is 0.464. The zero-order valence-electron chi connectivity index (χ0n) is 19.7. The molecule has 0 aliphatic heterocycles. The fraction of sp³-hybridized carbons (Fsp3) is 0.481. The molecule has 1 unspecified atom stereocenters. The van der Waals surface area contributed by atoms with Gasteiger partial charge >= 0.3 is 0 Å². The summed E-state index contributed by atoms with van der Waals surface area (Å²) < 4.78 is 27.4. The molecule has 5 nitrogen and oxygen atoms in total. The molecule has 1 saturated carbocycles. The summed E-state index contributed by atoms with van der Waals surface area (Å²) in [4.78, 5) is 24.8. The number of rotatable bonds is 11. The Bertz CT molecular complexity index is 962. The third-order valence-electron chi connectivity index (χ3n) is 6.38. The predicted octanol–water partition coefficient (Wildman–Crippen LogP) is 3.85. The lowest BCUT2D eigenvalue weighted by Crippen LogP contribution is -2.49. The molecule has 1 aliphatic carbocycles. The van der Waals surface area contributed by atoms with E-state index in [0.717, 1.165) is 30.9 Å². The molecule has 2 aromatic rings. The third kappa shape index (κ3) is 7.99. The number of aliphatic hydroxyl groups excluding tert-OH is 1. The van der Waals surface area contributed by atoms with Gasteiger partial charge in [-0.2, -0.15) is 0 Å². The molecular weight excluding hydrogens is 438 g/mol. The van der Waals surface area contributed by atoms with E-state index < -0.39 is 23.8 Å². The Labute approximate surface area is 200 Å². The Morgan fingerprint density at radius 3 is 2.53 bits per heavy atom. The van der Waals surface area contributed by atoms with Crippen molar-refractivity contribution in [1.29, 1.82) is 0 Å². The second-order valence-corrected chi connectivity index (χ2v) is 9.14. The number of aryl methyl sites for hydroxylation is 1. The van der Waals surface area contributed by atoms with E-state index in [9.17, 15) is 23.5 Å². The van der Waals surface area contributed by atoms with Crippen LogP contribution in [0.4, 0.5) is 8.78 Å². The first kappa shape index (κ1) is 26.0. The third-order valence-corrected chi connectivity index (χ3v) is 6.38. The molecule has 1 amide bonds. The summed E-state index contributed by atoms with van der Waals surface area (Å²) in [6, 6.07) is 10.5. The maximum absolute atomic E-state index is 13.7. The fourth-order valence-electron chi connectivity index (χ4n) is 4.49. The average Bonchev–Trinajstić information content (AvgIpc) is 2.79. The lowest BCUT2D eigenvalue weighted by Gasteiger charge is -2.26. The van der Waals surface area contributed by atoms with Gasteiger partial charge in [-0.25, -0.2) is 8.78 Å². The van der Waals surface area contributed by atoms with E-state index in [4.69, 9.17) is 0 Å². The van der Waals surface area contributed by atoms with Gasteiger partial charge in [-0.1, -0.05) is 37.6 Å². The Kier molecular flexibility index (Phi) is 9.72. The summed E-state index contributed by atoms with van der Waals surface area (Å²) in [5.41, 5.74) is 2.64. The molecule has 0 bridgehead atoms. The van der Waals surface area contributed by atoms with Gasteiger partial charge < -0.3 is 15.7 Å². The molecule has 7 heteroatoms. The normalized spacial score (nSPS) is 17.9. The standard InChI is InChI=1S/C27H34F2N2O3/c1-2-18-6-5-7-19(10-18)16-30-17-26(33)24(13-20-11-22(28)15-23(29)12-20)31-27(34)14-21-8-3-4-9-25(21)32/h5-7,10-12,15,21,24,26,30,33H,2-4,8-9,13-14,16-17H2,1H3,(H,31,34)/t21?,24-,26+/m0/s1. The Hall–Kier alpha value is -2.64. The monoisotopic (exact) mass is 472 g/mol. The minimum atomic E-state index is -0.994. The Balaban J connectivity index is 1.64. The first-order chi connectivity index (χ1) is 16.3. The van der Waals surface area contributed by atoms with Crippen LogP contribution in [0.25, 0.3) is 0 Å². The summed E-state index contributed by atoms with van der Waals surface area (Å²) in [5.74, 6) is -1.96. The Morgan fingerprint density at radius 2 is 1.82 bits per heavy atom. The van der Waals surface area contributed by atoms with Gasteiger partial charge in [0, 0.05) is 37.9 Å². The molecule has 0 heterocycles. The maximum Gasteiger partial charge on any atom is 0.221 e. The predicted molar refractivity (Wildman–Crippen MR) is 127 cm³/mol. The van der Waals surface area contributed by atoms with Crippen LogP contribution in [0, 0.1) is 17.6 Å². The number of halogens is 2. The lowest BCUT2D eigenvalue weighted by molar-refractivity contribution is -0.131. The summed E-state index contributed by atoms with van der Waals surface area (Å²) in [7, 11) is 0. The minimum absolute atomic E-state index is 0.0627. The van der Waals surface area contributed by atoms with E-state index >= 15 is 0 Å². The highest BCUT2D eigenvalue weighted by atomic mass is 19.1. The highest BCUT2D eigenvalue weighted by Crippen LogP contribution is 2.23. The number of nitrogens with one attached hydrogen (secondary N) is 2. The molecule has 1 fully saturated rings. The van der Waals surface area contributed by atoms with Gasteiger partial charge in [0.25, 0.3) is 0 Å². The minimum Gasteiger partial charge on any atom is -0.390 e. The summed E-state index contributed by atoms with van der Waals surface area (Å²) in [6.07, 6.45) is 3.02. The number of carbonyl (C=O) groups is 2. The number of ketones is 1. The van der Waals surface area contributed by atoms with E-state index in [1.807, 2.05) is 12.1 Å². The smallest absolute Gasteiger partial charge is 0.221 e. The van der Waals surface area contributed by atoms with Gasteiger partial charge in [-0.05, 0) is 54.5 Å². The SMILES string of the molecule is CCc1cccc(CNC[C@@H](O)[C@H](Cc2cc(F)cc(F)c2)NC(=O)CC2CCCCC2=O)c1. The van der Waals surface area contributed by atoms with Crippen LogP contribution in [-0.4, -0.2) is 35.5 Å². The number of Topliss-reactive ketones (excluding diaryl/α,β-unsaturated/α-hetero) is 1. The number of benzene rings is 2. The van der Waals surface area contributed by atoms with Gasteiger partial charge in [0.2, 0.25) is 5.91 Å². The van der Waals surface area contributed by atoms with Crippen molar-refractivity contribution < 1.29 is 23.5 Å². The summed E-state index contributed by atoms with van der Waals surface area (Å²) in [5, 5.41) is 16.9. The largest absolute Gasteiger partial charge is 0.390 e. The van der Waals surface area contributed by atoms with Crippen molar-refractivity contribution in [2.45, 2.75) is 70.6 Å². The molecule has 34 heavy (non-hydrogen) atoms. The van der Waals surface area contributed by atoms with E-state index in [1.54, 1.807) is 0 Å². The van der Waals surface area contributed by atoms with Crippen LogP contribution in [0.15, 0.2) is 42.5 Å². The van der Waals surface area contributed by atoms with E-state index in [2.05, 4.69) is 29.7 Å². The van der Waals surface area contributed by atoms with Crippen LogP contribution in [0.3, 0.4) is 0 Å². The van der Waals surface area contributed by atoms with E-state index in [1.165, 1.54) is 17.7 Å². The van der Waals surface area contributed by atoms with Crippen LogP contribution in [0.5, 0.6) is 0 Å². The van der Waals surface area contributed by atoms with Gasteiger partial charge in [0.15, 0.2) is 0 Å². The zero-order chi connectivity index (χ0) is 24.5. The molecule has 3 N–H and O–H groups in total. The number of carbonyl (C=O) groups excluding carboxylic acids is 2. The van der Waals surface area contributed by atoms with Crippen LogP contribution in [-0.2, 0) is 29.0 Å². The first-order valence-corrected chi connectivity index (χ1v) is 12.1. The summed E-state index contributed by atoms with van der Waals surface area (Å²) >= 11 is 0. The fourth-order valence-corrected chi connectivity index (χ4v) is 4.49. The second-order valence-electron chi connectivity index (χ2n) is 9.14. The number of aliphatic hydroxyl groups is 1. The van der Waals surface area contributed by atoms with Crippen LogP contribution < -0.4 is 10.6 Å². The summed E-state index contributed by atoms with van der Waals surface area (Å²) in [6.45, 7) is 2.80. The molecular formula is C27H34F2N2O3. The first-order valence-electron chi connectivity index (χ1n) is 12.1. The molecule has 3 atom stereocenters. The molecule has 2 aromatic carbocycles. The van der Waals surface area contributed by atoms with Crippen molar-refractivity contribution in [3.63, 3.8) is 0 Å². The molecule has 0 spiro atoms. The Morgan fingerprint density at radius 1 is 1.09 bits per heavy atom. The second kappa shape index (κ2) is 12.7. The molecule has 1 aliphatic rings. The average molecular weight is 473 g/mol. The van der Waals surface area contributed by atoms with Crippen molar-refractivity contribution in [3.8, 4) is 0 Å². The van der Waals surface area contributed by atoms with Crippen LogP contribution in [0.1, 0.15) is 55.7 Å². The highest BCUT2D eigenvalue weighted by Gasteiger charge is 2.27. The number of hydrogen-bond donors (Lipinski definition) is 3. The molecule has 0 aromatic heterocycles. The topological polar surface area (TPSA) is 78.4 Å². The van der Waals surface area contributed by atoms with Crippen molar-refractivity contribution in [3.05, 3.63) is 70.8 Å². The van der Waals surface area contributed by atoms with Crippen LogP contribution in [0.2, 0.25) is 0 Å². The zero-order valence-corrected chi connectivity index (χ0v) is 19.7. The van der Waals surface area contributed by atoms with Crippen molar-refractivity contribution in [2.24, 2.45) is 5.92 Å². The molecule has 3 rings (SSSR count). The van der Waals surface area contributed by atoms with Gasteiger partial charge in [0.05, 0.1) is 12.1 Å². The van der Waals surface area contributed by atoms with Gasteiger partial charge in [0.1, 0.15) is 17.4 Å². The lowest BCUT2D eigenvalue weighted by atomic mass is 9.85. The van der Waals surface area contributed by atoms with Gasteiger partial charge in [-0.15, -0.1) is 0 Å². The maximum atomic E-state index is 13.7. The van der Waals surface area contributed by atoms with Crippen molar-refractivity contribution in [1.82, 2.24) is 10.6 Å². The molecule has 0 radical (unpaired) electrons. The van der Waals surface area contributed by atoms with E-state index in [0.29, 0.717) is 24.9 Å². The van der Waals surface area contributed by atoms with Crippen LogP contribution >= 0.6 is 0 Å². The molecule has 0 saturated heterocycles. The number of amides is 1.